The minimum absolute atomic E-state index is 0.0880. The van der Waals surface area contributed by atoms with Crippen molar-refractivity contribution in [1.82, 2.24) is 9.38 Å². The Bertz CT molecular complexity index is 1230. The molecule has 2 heterocycles. The maximum Gasteiger partial charge on any atom is 0.340 e. The van der Waals surface area contributed by atoms with Crippen LogP contribution in [0.5, 0.6) is 11.5 Å². The number of fused-ring (bicyclic) bond motifs is 1. The number of aryl methyl sites for hydroxylation is 1. The number of pyridine rings is 1. The lowest BCUT2D eigenvalue weighted by Crippen LogP contribution is -2.21. The lowest BCUT2D eigenvalue weighted by molar-refractivity contribution is -0.118. The van der Waals surface area contributed by atoms with Gasteiger partial charge in [0.1, 0.15) is 12.3 Å². The molecule has 0 unspecified atom stereocenters. The van der Waals surface area contributed by atoms with Crippen LogP contribution in [0.2, 0.25) is 0 Å². The molecule has 0 saturated carbocycles. The van der Waals surface area contributed by atoms with Crippen LogP contribution in [0.1, 0.15) is 35.6 Å². The first-order valence-corrected chi connectivity index (χ1v) is 9.97. The number of methoxy groups -OCH3 is 2. The Hall–Kier alpha value is -3.88. The zero-order valence-corrected chi connectivity index (χ0v) is 18.6. The standard InChI is InChI=1S/C23H25N3O6/c1-13(2)22(28)25-17-11-19(31-5)18(30-4)10-16(17)23(29)32-12-15-9-21(27)26-14(3)7-6-8-20(26)24-15/h6-11,13H,12H2,1-5H3,(H,25,28). The topological polar surface area (TPSA) is 108 Å². The van der Waals surface area contributed by atoms with E-state index < -0.39 is 5.97 Å². The molecule has 0 radical (unpaired) electrons. The number of carbonyl (C=O) groups is 2. The normalized spacial score (nSPS) is 10.8. The van der Waals surface area contributed by atoms with Crippen molar-refractivity contribution in [3.8, 4) is 11.5 Å². The number of esters is 1. The van der Waals surface area contributed by atoms with E-state index in [1.54, 1.807) is 39.0 Å². The second-order valence-electron chi connectivity index (χ2n) is 7.42. The molecule has 9 nitrogen and oxygen atoms in total. The number of ether oxygens (including phenoxy) is 3. The molecular formula is C23H25N3O6. The highest BCUT2D eigenvalue weighted by Gasteiger charge is 2.21. The number of benzene rings is 1. The molecular weight excluding hydrogens is 414 g/mol. The first kappa shape index (κ1) is 22.8. The molecule has 0 saturated heterocycles. The SMILES string of the molecule is COc1cc(NC(=O)C(C)C)c(C(=O)OCc2cc(=O)n3c(C)cccc3n2)cc1OC. The minimum atomic E-state index is -0.712. The molecule has 3 rings (SSSR count). The van der Waals surface area contributed by atoms with Gasteiger partial charge in [0, 0.05) is 29.8 Å². The predicted molar refractivity (Wildman–Crippen MR) is 118 cm³/mol. The lowest BCUT2D eigenvalue weighted by atomic mass is 10.1. The second-order valence-corrected chi connectivity index (χ2v) is 7.42. The van der Waals surface area contributed by atoms with Gasteiger partial charge in [-0.25, -0.2) is 9.78 Å². The largest absolute Gasteiger partial charge is 0.493 e. The van der Waals surface area contributed by atoms with Crippen molar-refractivity contribution in [1.29, 1.82) is 0 Å². The van der Waals surface area contributed by atoms with E-state index in [2.05, 4.69) is 10.3 Å². The highest BCUT2D eigenvalue weighted by atomic mass is 16.5. The lowest BCUT2D eigenvalue weighted by Gasteiger charge is -2.16. The first-order valence-electron chi connectivity index (χ1n) is 9.97. The van der Waals surface area contributed by atoms with E-state index in [0.717, 1.165) is 5.69 Å². The summed E-state index contributed by atoms with van der Waals surface area (Å²) in [5.41, 5.74) is 1.56. The van der Waals surface area contributed by atoms with E-state index in [-0.39, 0.29) is 35.2 Å². The molecule has 0 bridgehead atoms. The summed E-state index contributed by atoms with van der Waals surface area (Å²) >= 11 is 0. The summed E-state index contributed by atoms with van der Waals surface area (Å²) in [4.78, 5) is 41.9. The number of aromatic nitrogens is 2. The molecule has 0 atom stereocenters. The van der Waals surface area contributed by atoms with E-state index in [9.17, 15) is 14.4 Å². The third-order valence-corrected chi connectivity index (χ3v) is 4.81. The third kappa shape index (κ3) is 4.72. The molecule has 0 spiro atoms. The molecule has 2 aromatic heterocycles. The summed E-state index contributed by atoms with van der Waals surface area (Å²) < 4.78 is 17.4. The van der Waals surface area contributed by atoms with Gasteiger partial charge < -0.3 is 19.5 Å². The van der Waals surface area contributed by atoms with Gasteiger partial charge in [0.05, 0.1) is 31.2 Å². The predicted octanol–water partition coefficient (Wildman–Crippen LogP) is 2.97. The fraction of sp³-hybridized carbons (Fsp3) is 0.304. The highest BCUT2D eigenvalue weighted by Crippen LogP contribution is 2.34. The van der Waals surface area contributed by atoms with Crippen LogP contribution in [0.25, 0.3) is 5.65 Å². The van der Waals surface area contributed by atoms with Crippen molar-refractivity contribution in [3.05, 3.63) is 63.7 Å². The van der Waals surface area contributed by atoms with Crippen LogP contribution in [0.3, 0.4) is 0 Å². The Morgan fingerprint density at radius 2 is 1.78 bits per heavy atom. The molecule has 0 aliphatic heterocycles. The Morgan fingerprint density at radius 3 is 2.44 bits per heavy atom. The summed E-state index contributed by atoms with van der Waals surface area (Å²) in [5, 5.41) is 2.71. The van der Waals surface area contributed by atoms with Gasteiger partial charge in [-0.05, 0) is 19.1 Å². The van der Waals surface area contributed by atoms with Gasteiger partial charge in [-0.1, -0.05) is 19.9 Å². The number of hydrogen-bond donors (Lipinski definition) is 1. The van der Waals surface area contributed by atoms with Crippen LogP contribution in [0, 0.1) is 12.8 Å². The third-order valence-electron chi connectivity index (χ3n) is 4.81. The molecule has 1 N–H and O–H groups in total. The van der Waals surface area contributed by atoms with E-state index in [1.807, 2.05) is 0 Å². The Morgan fingerprint density at radius 1 is 1.09 bits per heavy atom. The van der Waals surface area contributed by atoms with Crippen molar-refractivity contribution in [2.75, 3.05) is 19.5 Å². The van der Waals surface area contributed by atoms with Gasteiger partial charge in [0.15, 0.2) is 11.5 Å². The Kier molecular flexibility index (Phi) is 6.77. The number of nitrogens with zero attached hydrogens (tertiary/aromatic N) is 2. The number of amides is 1. The maximum absolute atomic E-state index is 12.9. The molecule has 3 aromatic rings. The zero-order valence-electron chi connectivity index (χ0n) is 18.6. The van der Waals surface area contributed by atoms with Crippen molar-refractivity contribution in [2.24, 2.45) is 5.92 Å². The van der Waals surface area contributed by atoms with Crippen LogP contribution in [-0.4, -0.2) is 35.5 Å². The number of carbonyl (C=O) groups excluding carboxylic acids is 2. The summed E-state index contributed by atoms with van der Waals surface area (Å²) in [6.07, 6.45) is 0. The molecule has 1 aromatic carbocycles. The quantitative estimate of drug-likeness (QED) is 0.564. The average molecular weight is 439 g/mol. The number of rotatable bonds is 7. The van der Waals surface area contributed by atoms with Gasteiger partial charge in [-0.3, -0.25) is 14.0 Å². The molecule has 1 amide bonds. The first-order chi connectivity index (χ1) is 15.2. The number of hydrogen-bond acceptors (Lipinski definition) is 7. The van der Waals surface area contributed by atoms with Gasteiger partial charge in [-0.2, -0.15) is 0 Å². The average Bonchev–Trinajstić information content (AvgIpc) is 2.76. The Labute approximate surface area is 184 Å². The van der Waals surface area contributed by atoms with Gasteiger partial charge in [-0.15, -0.1) is 0 Å². The molecule has 0 fully saturated rings. The van der Waals surface area contributed by atoms with Crippen LogP contribution >= 0.6 is 0 Å². The smallest absolute Gasteiger partial charge is 0.340 e. The van der Waals surface area contributed by atoms with Crippen molar-refractivity contribution < 1.29 is 23.8 Å². The van der Waals surface area contributed by atoms with Crippen molar-refractivity contribution in [3.63, 3.8) is 0 Å². The van der Waals surface area contributed by atoms with Gasteiger partial charge >= 0.3 is 5.97 Å². The highest BCUT2D eigenvalue weighted by molar-refractivity contribution is 6.02. The summed E-state index contributed by atoms with van der Waals surface area (Å²) in [7, 11) is 2.89. The number of anilines is 1. The summed E-state index contributed by atoms with van der Waals surface area (Å²) in [6.45, 7) is 5.06. The van der Waals surface area contributed by atoms with Crippen LogP contribution in [-0.2, 0) is 16.1 Å². The van der Waals surface area contributed by atoms with Crippen molar-refractivity contribution in [2.45, 2.75) is 27.4 Å². The maximum atomic E-state index is 12.9. The fourth-order valence-corrected chi connectivity index (χ4v) is 3.08. The van der Waals surface area contributed by atoms with Crippen LogP contribution in [0.4, 0.5) is 5.69 Å². The molecule has 0 aliphatic rings. The second kappa shape index (κ2) is 9.51. The summed E-state index contributed by atoms with van der Waals surface area (Å²) in [6, 6.07) is 9.55. The summed E-state index contributed by atoms with van der Waals surface area (Å²) in [5.74, 6) is -0.630. The molecule has 9 heteroatoms. The van der Waals surface area contributed by atoms with E-state index >= 15 is 0 Å². The molecule has 0 aliphatic carbocycles. The minimum Gasteiger partial charge on any atom is -0.493 e. The van der Waals surface area contributed by atoms with E-state index in [1.165, 1.54) is 36.8 Å². The molecule has 168 valence electrons. The van der Waals surface area contributed by atoms with Crippen LogP contribution in [0.15, 0.2) is 41.2 Å². The molecule has 32 heavy (non-hydrogen) atoms. The zero-order chi connectivity index (χ0) is 23.4. The number of nitrogens with one attached hydrogen (secondary N) is 1. The fourth-order valence-electron chi connectivity index (χ4n) is 3.08. The van der Waals surface area contributed by atoms with E-state index in [4.69, 9.17) is 14.2 Å². The monoisotopic (exact) mass is 439 g/mol. The van der Waals surface area contributed by atoms with Crippen LogP contribution < -0.4 is 20.3 Å². The van der Waals surface area contributed by atoms with Gasteiger partial charge in [0.25, 0.3) is 5.56 Å². The van der Waals surface area contributed by atoms with E-state index in [0.29, 0.717) is 22.8 Å². The Balaban J connectivity index is 1.90. The van der Waals surface area contributed by atoms with Crippen molar-refractivity contribution >= 4 is 23.2 Å². The van der Waals surface area contributed by atoms with Gasteiger partial charge in [0.2, 0.25) is 5.91 Å².